The number of carbonyl (C=O) groups is 1. The van der Waals surface area contributed by atoms with Crippen molar-refractivity contribution < 1.29 is 4.79 Å². The lowest BCUT2D eigenvalue weighted by Crippen LogP contribution is -2.26. The summed E-state index contributed by atoms with van der Waals surface area (Å²) in [7, 11) is 0. The summed E-state index contributed by atoms with van der Waals surface area (Å²) in [5.74, 6) is 0.0917. The van der Waals surface area contributed by atoms with Gasteiger partial charge < -0.3 is 5.32 Å². The normalized spacial score (nSPS) is 13.3. The molecule has 150 valence electrons. The zero-order valence-corrected chi connectivity index (χ0v) is 18.0. The number of fused-ring (bicyclic) bond motifs is 3. The highest BCUT2D eigenvalue weighted by Crippen LogP contribution is 2.35. The first-order valence-corrected chi connectivity index (χ1v) is 11.5. The molecule has 0 atom stereocenters. The number of nitrogens with one attached hydrogen (secondary N) is 1. The van der Waals surface area contributed by atoms with Gasteiger partial charge in [-0.1, -0.05) is 36.0 Å². The second kappa shape index (κ2) is 8.55. The zero-order valence-electron chi connectivity index (χ0n) is 16.4. The van der Waals surface area contributed by atoms with E-state index in [1.54, 1.807) is 22.0 Å². The molecule has 0 bridgehead atoms. The minimum Gasteiger partial charge on any atom is -0.352 e. The molecular weight excluding hydrogens is 402 g/mol. The van der Waals surface area contributed by atoms with Crippen molar-refractivity contribution in [3.05, 3.63) is 63.3 Å². The highest BCUT2D eigenvalue weighted by atomic mass is 32.2. The van der Waals surface area contributed by atoms with Gasteiger partial charge in [-0.15, -0.1) is 17.9 Å². The number of hydrogen-bond donors (Lipinski definition) is 1. The number of thioether (sulfide) groups is 1. The van der Waals surface area contributed by atoms with Gasteiger partial charge in [0.15, 0.2) is 5.16 Å². The van der Waals surface area contributed by atoms with Crippen LogP contribution in [0.15, 0.2) is 46.9 Å². The molecular formula is C22H23N3O2S2. The summed E-state index contributed by atoms with van der Waals surface area (Å²) in [5, 5.41) is 4.09. The Hall–Kier alpha value is -2.38. The molecule has 0 fully saturated rings. The fourth-order valence-corrected chi connectivity index (χ4v) is 5.82. The van der Waals surface area contributed by atoms with Crippen molar-refractivity contribution in [2.75, 3.05) is 12.3 Å². The van der Waals surface area contributed by atoms with Gasteiger partial charge in [0.1, 0.15) is 4.83 Å². The van der Waals surface area contributed by atoms with E-state index in [0.29, 0.717) is 11.7 Å². The third kappa shape index (κ3) is 3.89. The van der Waals surface area contributed by atoms with Crippen LogP contribution in [0.4, 0.5) is 0 Å². The second-order valence-corrected chi connectivity index (χ2v) is 9.12. The summed E-state index contributed by atoms with van der Waals surface area (Å²) in [4.78, 5) is 32.7. The Balaban J connectivity index is 1.85. The van der Waals surface area contributed by atoms with E-state index in [4.69, 9.17) is 4.98 Å². The minimum absolute atomic E-state index is 0.0299. The first-order valence-electron chi connectivity index (χ1n) is 9.74. The summed E-state index contributed by atoms with van der Waals surface area (Å²) in [6, 6.07) is 7.80. The number of aryl methyl sites for hydroxylation is 3. The maximum Gasteiger partial charge on any atom is 0.267 e. The standard InChI is InChI=1S/C22H23N3O2S2/c1-3-12-23-18(26)13-28-22-24-20-19(15-9-5-7-11-17(15)29-20)21(27)25(22)16-10-6-4-8-14(16)2/h3-4,6,8,10H,1,5,7,9,11-13H2,2H3,(H,23,26). The Kier molecular flexibility index (Phi) is 5.87. The van der Waals surface area contributed by atoms with E-state index >= 15 is 0 Å². The van der Waals surface area contributed by atoms with E-state index in [9.17, 15) is 9.59 Å². The maximum absolute atomic E-state index is 13.7. The molecule has 29 heavy (non-hydrogen) atoms. The van der Waals surface area contributed by atoms with Crippen LogP contribution in [0.2, 0.25) is 0 Å². The van der Waals surface area contributed by atoms with Gasteiger partial charge in [-0.3, -0.25) is 14.2 Å². The average Bonchev–Trinajstić information content (AvgIpc) is 3.10. The third-order valence-electron chi connectivity index (χ3n) is 5.09. The van der Waals surface area contributed by atoms with E-state index in [-0.39, 0.29) is 17.2 Å². The number of hydrogen-bond acceptors (Lipinski definition) is 5. The Morgan fingerprint density at radius 2 is 2.14 bits per heavy atom. The fraction of sp³-hybridized carbons (Fsp3) is 0.318. The summed E-state index contributed by atoms with van der Waals surface area (Å²) in [6.07, 6.45) is 5.88. The molecule has 1 aromatic carbocycles. The molecule has 0 aliphatic heterocycles. The Bertz CT molecular complexity index is 1150. The molecule has 7 heteroatoms. The van der Waals surface area contributed by atoms with E-state index in [0.717, 1.165) is 47.2 Å². The molecule has 4 rings (SSSR count). The van der Waals surface area contributed by atoms with Gasteiger partial charge in [0.05, 0.1) is 16.8 Å². The number of aromatic nitrogens is 2. The number of thiophene rings is 1. The first kappa shape index (κ1) is 19.9. The SMILES string of the molecule is C=CCNC(=O)CSc1nc2sc3c(c2c(=O)n1-c1ccccc1C)CCCC3. The van der Waals surface area contributed by atoms with Crippen molar-refractivity contribution in [1.82, 2.24) is 14.9 Å². The molecule has 1 aliphatic carbocycles. The molecule has 1 aliphatic rings. The number of para-hydroxylation sites is 1. The molecule has 0 spiro atoms. The predicted molar refractivity (Wildman–Crippen MR) is 121 cm³/mol. The predicted octanol–water partition coefficient (Wildman–Crippen LogP) is 4.03. The Labute approximate surface area is 177 Å². The highest BCUT2D eigenvalue weighted by molar-refractivity contribution is 7.99. The van der Waals surface area contributed by atoms with Gasteiger partial charge in [-0.25, -0.2) is 4.98 Å². The number of benzene rings is 1. The van der Waals surface area contributed by atoms with Gasteiger partial charge in [-0.05, 0) is 49.8 Å². The zero-order chi connectivity index (χ0) is 20.4. The van der Waals surface area contributed by atoms with Crippen LogP contribution in [0.25, 0.3) is 15.9 Å². The van der Waals surface area contributed by atoms with E-state index < -0.39 is 0 Å². The lowest BCUT2D eigenvalue weighted by atomic mass is 9.97. The topological polar surface area (TPSA) is 64.0 Å². The maximum atomic E-state index is 13.7. The van der Waals surface area contributed by atoms with Crippen molar-refractivity contribution in [1.29, 1.82) is 0 Å². The summed E-state index contributed by atoms with van der Waals surface area (Å²) < 4.78 is 1.69. The molecule has 0 radical (unpaired) electrons. The largest absolute Gasteiger partial charge is 0.352 e. The lowest BCUT2D eigenvalue weighted by molar-refractivity contribution is -0.118. The van der Waals surface area contributed by atoms with Gasteiger partial charge in [0, 0.05) is 11.4 Å². The summed E-state index contributed by atoms with van der Waals surface area (Å²) in [6.45, 7) is 6.03. The van der Waals surface area contributed by atoms with E-state index in [2.05, 4.69) is 11.9 Å². The highest BCUT2D eigenvalue weighted by Gasteiger charge is 2.23. The van der Waals surface area contributed by atoms with Crippen LogP contribution >= 0.6 is 23.1 Å². The fourth-order valence-electron chi connectivity index (χ4n) is 3.68. The molecule has 1 N–H and O–H groups in total. The molecule has 1 amide bonds. The molecule has 2 heterocycles. The molecule has 0 saturated carbocycles. The smallest absolute Gasteiger partial charge is 0.267 e. The van der Waals surface area contributed by atoms with Crippen LogP contribution in [-0.2, 0) is 17.6 Å². The van der Waals surface area contributed by atoms with Gasteiger partial charge in [0.25, 0.3) is 5.56 Å². The molecule has 3 aromatic rings. The quantitative estimate of drug-likeness (QED) is 0.368. The lowest BCUT2D eigenvalue weighted by Gasteiger charge is -2.15. The summed E-state index contributed by atoms with van der Waals surface area (Å²) >= 11 is 2.93. The number of carbonyl (C=O) groups excluding carboxylic acids is 1. The monoisotopic (exact) mass is 425 g/mol. The first-order chi connectivity index (χ1) is 14.1. The molecule has 2 aromatic heterocycles. The van der Waals surface area contributed by atoms with Crippen LogP contribution < -0.4 is 10.9 Å². The Morgan fingerprint density at radius 3 is 2.93 bits per heavy atom. The van der Waals surface area contributed by atoms with Crippen LogP contribution in [0.5, 0.6) is 0 Å². The number of nitrogens with zero attached hydrogens (tertiary/aromatic N) is 2. The number of rotatable bonds is 6. The second-order valence-electron chi connectivity index (χ2n) is 7.09. The van der Waals surface area contributed by atoms with Crippen LogP contribution in [0.3, 0.4) is 0 Å². The minimum atomic E-state index is -0.106. The Morgan fingerprint density at radius 1 is 1.34 bits per heavy atom. The molecule has 0 saturated heterocycles. The van der Waals surface area contributed by atoms with Crippen LogP contribution in [0.1, 0.15) is 28.8 Å². The van der Waals surface area contributed by atoms with Crippen molar-refractivity contribution in [3.63, 3.8) is 0 Å². The van der Waals surface area contributed by atoms with Crippen molar-refractivity contribution in [3.8, 4) is 5.69 Å². The average molecular weight is 426 g/mol. The van der Waals surface area contributed by atoms with Crippen molar-refractivity contribution in [2.24, 2.45) is 0 Å². The van der Waals surface area contributed by atoms with Crippen molar-refractivity contribution >= 4 is 39.2 Å². The summed E-state index contributed by atoms with van der Waals surface area (Å²) in [5.41, 5.74) is 2.96. The molecule has 0 unspecified atom stereocenters. The van der Waals surface area contributed by atoms with E-state index in [1.807, 2.05) is 31.2 Å². The van der Waals surface area contributed by atoms with Crippen LogP contribution in [0, 0.1) is 6.92 Å². The van der Waals surface area contributed by atoms with Gasteiger partial charge in [0.2, 0.25) is 5.91 Å². The van der Waals surface area contributed by atoms with Gasteiger partial charge >= 0.3 is 0 Å². The van der Waals surface area contributed by atoms with Gasteiger partial charge in [-0.2, -0.15) is 0 Å². The van der Waals surface area contributed by atoms with E-state index in [1.165, 1.54) is 22.2 Å². The third-order valence-corrected chi connectivity index (χ3v) is 7.21. The van der Waals surface area contributed by atoms with Crippen molar-refractivity contribution in [2.45, 2.75) is 37.8 Å². The number of amides is 1. The molecule has 5 nitrogen and oxygen atoms in total. The van der Waals surface area contributed by atoms with Crippen LogP contribution in [-0.4, -0.2) is 27.8 Å².